The Hall–Kier alpha value is -3.52. The maximum Gasteiger partial charge on any atom is 0.251 e. The zero-order valence-corrected chi connectivity index (χ0v) is 17.2. The van der Waals surface area contributed by atoms with Crippen molar-refractivity contribution in [1.82, 2.24) is 10.3 Å². The molecule has 0 bridgehead atoms. The molecule has 0 spiro atoms. The van der Waals surface area contributed by atoms with Crippen LogP contribution in [0.3, 0.4) is 0 Å². The molecular formula is C23H23F2N3O3. The molecule has 2 heterocycles. The number of amides is 1. The molecule has 3 aromatic rings. The molecule has 1 aliphatic rings. The maximum absolute atomic E-state index is 14.0. The Balaban J connectivity index is 0.00000132. The minimum atomic E-state index is -1.22. The van der Waals surface area contributed by atoms with Crippen molar-refractivity contribution < 1.29 is 23.4 Å². The van der Waals surface area contributed by atoms with Gasteiger partial charge >= 0.3 is 0 Å². The van der Waals surface area contributed by atoms with Crippen molar-refractivity contribution in [3.63, 3.8) is 0 Å². The van der Waals surface area contributed by atoms with Crippen LogP contribution in [-0.2, 0) is 6.61 Å². The minimum Gasteiger partial charge on any atom is -0.487 e. The average molecular weight is 427 g/mol. The molecular weight excluding hydrogens is 404 g/mol. The van der Waals surface area contributed by atoms with E-state index in [2.05, 4.69) is 10.3 Å². The van der Waals surface area contributed by atoms with Crippen LogP contribution in [0.15, 0.2) is 48.7 Å². The molecule has 162 valence electrons. The summed E-state index contributed by atoms with van der Waals surface area (Å²) in [6.45, 7) is 3.58. The van der Waals surface area contributed by atoms with Crippen LogP contribution in [0.5, 0.6) is 5.75 Å². The lowest BCUT2D eigenvalue weighted by atomic mass is 9.95. The number of anilines is 1. The van der Waals surface area contributed by atoms with Crippen molar-refractivity contribution >= 4 is 11.7 Å². The highest BCUT2D eigenvalue weighted by atomic mass is 19.1. The number of ether oxygens (including phenoxy) is 1. The van der Waals surface area contributed by atoms with Gasteiger partial charge in [-0.1, -0.05) is 26.0 Å². The second-order valence-corrected chi connectivity index (χ2v) is 6.61. The van der Waals surface area contributed by atoms with Gasteiger partial charge in [-0.3, -0.25) is 4.79 Å². The smallest absolute Gasteiger partial charge is 0.251 e. The molecule has 1 unspecified atom stereocenters. The van der Waals surface area contributed by atoms with Crippen molar-refractivity contribution in [1.29, 1.82) is 0 Å². The van der Waals surface area contributed by atoms with Crippen LogP contribution in [-0.4, -0.2) is 22.6 Å². The average Bonchev–Trinajstić information content (AvgIpc) is 2.78. The largest absolute Gasteiger partial charge is 0.487 e. The third-order valence-electron chi connectivity index (χ3n) is 4.77. The van der Waals surface area contributed by atoms with Crippen molar-refractivity contribution in [2.75, 3.05) is 12.3 Å². The lowest BCUT2D eigenvalue weighted by molar-refractivity contribution is 0.0913. The predicted octanol–water partition coefficient (Wildman–Crippen LogP) is 3.99. The molecule has 31 heavy (non-hydrogen) atoms. The van der Waals surface area contributed by atoms with E-state index in [1.807, 2.05) is 13.8 Å². The summed E-state index contributed by atoms with van der Waals surface area (Å²) in [5, 5.41) is 12.0. The number of carbonyl (C=O) groups is 1. The van der Waals surface area contributed by atoms with E-state index in [1.165, 1.54) is 6.07 Å². The SMILES string of the molecule is CC.Nc1cc2c(cn1)OCc1cc(C(=O)NC(CO)c3c(F)cccc3F)ccc1-2. The standard InChI is InChI=1S/C21H17F2N3O3.C2H6/c22-15-2-1-3-16(23)20(15)17(9-27)26-21(28)11-4-5-13-12(6-11)10-29-18-8-25-19(24)7-14(13)18;1-2/h1-8,17,27H,9-10H2,(H2,24,25)(H,26,28);1-2H3. The van der Waals surface area contributed by atoms with Gasteiger partial charge in [0.25, 0.3) is 5.91 Å². The van der Waals surface area contributed by atoms with Gasteiger partial charge in [0.05, 0.1) is 18.8 Å². The Kier molecular flexibility index (Phi) is 6.81. The quantitative estimate of drug-likeness (QED) is 0.585. The zero-order valence-electron chi connectivity index (χ0n) is 17.2. The Morgan fingerprint density at radius 1 is 1.19 bits per heavy atom. The zero-order chi connectivity index (χ0) is 22.5. The molecule has 0 radical (unpaired) electrons. The molecule has 0 saturated carbocycles. The van der Waals surface area contributed by atoms with Gasteiger partial charge in [0.1, 0.15) is 29.8 Å². The van der Waals surface area contributed by atoms with Gasteiger partial charge in [0.15, 0.2) is 0 Å². The van der Waals surface area contributed by atoms with Gasteiger partial charge in [0, 0.05) is 16.7 Å². The number of nitrogens with zero attached hydrogens (tertiary/aromatic N) is 1. The van der Waals surface area contributed by atoms with Gasteiger partial charge in [-0.15, -0.1) is 0 Å². The first-order valence-corrected chi connectivity index (χ1v) is 9.85. The fourth-order valence-corrected chi connectivity index (χ4v) is 3.35. The van der Waals surface area contributed by atoms with Crippen LogP contribution in [0.4, 0.5) is 14.6 Å². The third kappa shape index (κ3) is 4.49. The maximum atomic E-state index is 14.0. The number of aliphatic hydroxyl groups is 1. The van der Waals surface area contributed by atoms with E-state index in [1.54, 1.807) is 30.5 Å². The second-order valence-electron chi connectivity index (χ2n) is 6.61. The van der Waals surface area contributed by atoms with Gasteiger partial charge in [0.2, 0.25) is 0 Å². The van der Waals surface area contributed by atoms with Crippen LogP contribution in [0, 0.1) is 11.6 Å². The summed E-state index contributed by atoms with van der Waals surface area (Å²) in [6.07, 6.45) is 1.54. The Labute approximate surface area is 178 Å². The summed E-state index contributed by atoms with van der Waals surface area (Å²) in [7, 11) is 0. The Morgan fingerprint density at radius 2 is 1.90 bits per heavy atom. The molecule has 1 atom stereocenters. The summed E-state index contributed by atoms with van der Waals surface area (Å²) < 4.78 is 33.7. The molecule has 4 N–H and O–H groups in total. The number of carbonyl (C=O) groups excluding carboxylic acids is 1. The van der Waals surface area contributed by atoms with E-state index in [9.17, 15) is 18.7 Å². The summed E-state index contributed by atoms with van der Waals surface area (Å²) in [4.78, 5) is 16.7. The van der Waals surface area contributed by atoms with Crippen LogP contribution in [0.25, 0.3) is 11.1 Å². The molecule has 0 aliphatic carbocycles. The van der Waals surface area contributed by atoms with E-state index in [4.69, 9.17) is 10.5 Å². The number of halogens is 2. The Bertz CT molecular complexity index is 1090. The number of hydrogen-bond acceptors (Lipinski definition) is 5. The first-order chi connectivity index (χ1) is 15.0. The highest BCUT2D eigenvalue weighted by Crippen LogP contribution is 2.38. The molecule has 1 aromatic heterocycles. The number of rotatable bonds is 4. The van der Waals surface area contributed by atoms with Crippen LogP contribution in [0.1, 0.15) is 41.4 Å². The van der Waals surface area contributed by atoms with Gasteiger partial charge in [-0.2, -0.15) is 0 Å². The number of hydrogen-bond donors (Lipinski definition) is 3. The molecule has 4 rings (SSSR count). The van der Waals surface area contributed by atoms with E-state index >= 15 is 0 Å². The van der Waals surface area contributed by atoms with Crippen molar-refractivity contribution in [3.8, 4) is 16.9 Å². The van der Waals surface area contributed by atoms with E-state index in [0.29, 0.717) is 11.6 Å². The number of pyridine rings is 1. The topological polar surface area (TPSA) is 97.5 Å². The number of fused-ring (bicyclic) bond motifs is 3. The minimum absolute atomic E-state index is 0.237. The Morgan fingerprint density at radius 3 is 2.58 bits per heavy atom. The molecule has 6 nitrogen and oxygen atoms in total. The predicted molar refractivity (Wildman–Crippen MR) is 113 cm³/mol. The molecule has 8 heteroatoms. The summed E-state index contributed by atoms with van der Waals surface area (Å²) in [5.41, 5.74) is 8.02. The summed E-state index contributed by atoms with van der Waals surface area (Å²) in [6, 6.07) is 8.81. The fourth-order valence-electron chi connectivity index (χ4n) is 3.35. The number of nitrogens with one attached hydrogen (secondary N) is 1. The molecule has 1 amide bonds. The van der Waals surface area contributed by atoms with E-state index in [-0.39, 0.29) is 17.7 Å². The van der Waals surface area contributed by atoms with Crippen molar-refractivity contribution in [3.05, 3.63) is 77.0 Å². The lowest BCUT2D eigenvalue weighted by Gasteiger charge is -2.22. The van der Waals surface area contributed by atoms with Gasteiger partial charge < -0.3 is 20.9 Å². The molecule has 1 aliphatic heterocycles. The van der Waals surface area contributed by atoms with Gasteiger partial charge in [-0.25, -0.2) is 13.8 Å². The number of aliphatic hydroxyl groups excluding tert-OH is 1. The molecule has 2 aromatic carbocycles. The second kappa shape index (κ2) is 9.53. The first kappa shape index (κ1) is 22.2. The number of benzene rings is 2. The highest BCUT2D eigenvalue weighted by molar-refractivity contribution is 5.95. The summed E-state index contributed by atoms with van der Waals surface area (Å²) >= 11 is 0. The van der Waals surface area contributed by atoms with Crippen molar-refractivity contribution in [2.45, 2.75) is 26.5 Å². The number of nitrogen functional groups attached to an aromatic ring is 1. The highest BCUT2D eigenvalue weighted by Gasteiger charge is 2.24. The first-order valence-electron chi connectivity index (χ1n) is 9.85. The normalized spacial score (nSPS) is 12.4. The number of nitrogens with two attached hydrogens (primary N) is 1. The number of aromatic nitrogens is 1. The third-order valence-corrected chi connectivity index (χ3v) is 4.77. The monoisotopic (exact) mass is 427 g/mol. The summed E-state index contributed by atoms with van der Waals surface area (Å²) in [5.74, 6) is -1.31. The van der Waals surface area contributed by atoms with E-state index < -0.39 is 30.2 Å². The van der Waals surface area contributed by atoms with E-state index in [0.717, 1.165) is 28.8 Å². The van der Waals surface area contributed by atoms with Crippen LogP contribution < -0.4 is 15.8 Å². The molecule has 0 fully saturated rings. The van der Waals surface area contributed by atoms with Crippen LogP contribution in [0.2, 0.25) is 0 Å². The van der Waals surface area contributed by atoms with Crippen LogP contribution >= 0.6 is 0 Å². The van der Waals surface area contributed by atoms with Gasteiger partial charge in [-0.05, 0) is 41.5 Å². The molecule has 0 saturated heterocycles. The van der Waals surface area contributed by atoms with Crippen molar-refractivity contribution in [2.24, 2.45) is 0 Å². The fraction of sp³-hybridized carbons (Fsp3) is 0.217. The lowest BCUT2D eigenvalue weighted by Crippen LogP contribution is -2.32.